The summed E-state index contributed by atoms with van der Waals surface area (Å²) in [6, 6.07) is 42.8. The predicted octanol–water partition coefficient (Wildman–Crippen LogP) is 27.7. The molecule has 1 atom stereocenters. The van der Waals surface area contributed by atoms with Crippen LogP contribution in [0.1, 0.15) is 285 Å². The normalized spacial score (nSPS) is 10.9. The highest BCUT2D eigenvalue weighted by atomic mass is 35.5. The number of rotatable bonds is 12. The smallest absolute Gasteiger partial charge is 0.264 e. The summed E-state index contributed by atoms with van der Waals surface area (Å²) >= 11 is 5.96. The third kappa shape index (κ3) is 31.4. The summed E-state index contributed by atoms with van der Waals surface area (Å²) in [6.45, 7) is 45.9. The number of hydrogen-bond acceptors (Lipinski definition) is 3. The van der Waals surface area contributed by atoms with Gasteiger partial charge in [0.25, 0.3) is 6.43 Å². The van der Waals surface area contributed by atoms with Gasteiger partial charge in [-0.25, -0.2) is 35.1 Å². The van der Waals surface area contributed by atoms with Crippen LogP contribution in [0, 0.1) is 82.0 Å². The molecule has 8 aromatic rings. The topological polar surface area (TPSA) is 45.9 Å². The predicted molar refractivity (Wildman–Crippen MR) is 392 cm³/mol. The van der Waals surface area contributed by atoms with Crippen molar-refractivity contribution in [2.45, 2.75) is 233 Å². The van der Waals surface area contributed by atoms with E-state index in [0.29, 0.717) is 58.8 Å². The second-order valence-corrected chi connectivity index (χ2v) is 26.8. The zero-order valence-corrected chi connectivity index (χ0v) is 61.7. The molecule has 1 aromatic heterocycles. The minimum atomic E-state index is -2.36. The average molecular weight is 1350 g/mol. The van der Waals surface area contributed by atoms with E-state index in [1.165, 1.54) is 77.7 Å². The summed E-state index contributed by atoms with van der Waals surface area (Å²) in [5.41, 5.74) is 15.5. The molecule has 0 spiro atoms. The second-order valence-electron chi connectivity index (χ2n) is 26.4. The molecule has 0 N–H and O–H groups in total. The number of halogens is 9. The number of nitrogens with zero attached hydrogens (tertiary/aromatic N) is 2. The monoisotopic (exact) mass is 1350 g/mol. The number of ether oxygens (including phenoxy) is 1. The van der Waals surface area contributed by atoms with Gasteiger partial charge in [0.2, 0.25) is 0 Å². The molecule has 526 valence electrons. The van der Waals surface area contributed by atoms with Crippen LogP contribution in [0.2, 0.25) is 5.02 Å². The minimum Gasteiger partial charge on any atom is -0.380 e. The maximum atomic E-state index is 13.5. The van der Waals surface area contributed by atoms with Crippen LogP contribution >= 0.6 is 11.6 Å². The summed E-state index contributed by atoms with van der Waals surface area (Å²) < 4.78 is 108. The summed E-state index contributed by atoms with van der Waals surface area (Å²) in [5.74, 6) is 1.38. The van der Waals surface area contributed by atoms with Crippen molar-refractivity contribution in [3.05, 3.63) is 274 Å². The Balaban J connectivity index is 0.00000107. The maximum absolute atomic E-state index is 13.5. The van der Waals surface area contributed by atoms with Gasteiger partial charge < -0.3 is 4.74 Å². The number of pyridine rings is 1. The van der Waals surface area contributed by atoms with Crippen molar-refractivity contribution in [1.82, 2.24) is 4.98 Å². The molecule has 0 aliphatic carbocycles. The quantitative estimate of drug-likeness (QED) is 0.115. The van der Waals surface area contributed by atoms with E-state index in [-0.39, 0.29) is 47.7 Å². The van der Waals surface area contributed by atoms with Gasteiger partial charge in [0, 0.05) is 29.5 Å². The Bertz CT molecular complexity index is 3490. The number of nitriles is 1. The Hall–Kier alpha value is -7.13. The van der Waals surface area contributed by atoms with Crippen molar-refractivity contribution in [2.24, 2.45) is 0 Å². The van der Waals surface area contributed by atoms with E-state index < -0.39 is 30.0 Å². The fraction of sp³-hybridized carbons (Fsp3) is 0.429. The average Bonchev–Trinajstić information content (AvgIpc) is 0.985. The first-order valence-corrected chi connectivity index (χ1v) is 33.2. The lowest BCUT2D eigenvalue weighted by atomic mass is 9.98. The molecule has 0 saturated heterocycles. The molecule has 0 amide bonds. The molecule has 3 nitrogen and oxygen atoms in total. The van der Waals surface area contributed by atoms with E-state index in [2.05, 4.69) is 124 Å². The highest BCUT2D eigenvalue weighted by Crippen LogP contribution is 2.29. The van der Waals surface area contributed by atoms with E-state index in [9.17, 15) is 35.1 Å². The largest absolute Gasteiger partial charge is 0.380 e. The van der Waals surface area contributed by atoms with Gasteiger partial charge >= 0.3 is 0 Å². The summed E-state index contributed by atoms with van der Waals surface area (Å²) in [7, 11) is 1.74. The van der Waals surface area contributed by atoms with Crippen LogP contribution in [-0.2, 0) is 11.3 Å². The molecule has 1 unspecified atom stereocenters. The number of aryl methyl sites for hydroxylation is 5. The third-order valence-electron chi connectivity index (χ3n) is 15.8. The summed E-state index contributed by atoms with van der Waals surface area (Å²) in [6.07, 6.45) is -2.26. The van der Waals surface area contributed by atoms with Crippen molar-refractivity contribution in [3.8, 4) is 6.07 Å². The van der Waals surface area contributed by atoms with Crippen LogP contribution in [0.25, 0.3) is 0 Å². The lowest BCUT2D eigenvalue weighted by Gasteiger charge is -2.10. The van der Waals surface area contributed by atoms with Crippen LogP contribution in [0.15, 0.2) is 140 Å². The van der Waals surface area contributed by atoms with E-state index >= 15 is 0 Å². The van der Waals surface area contributed by atoms with Gasteiger partial charge in [0.15, 0.2) is 5.82 Å². The van der Waals surface area contributed by atoms with E-state index in [4.69, 9.17) is 21.6 Å². The Kier molecular flexibility index (Phi) is 41.3. The Morgan fingerprint density at radius 3 is 1.21 bits per heavy atom. The SMILES string of the molecule is C.CC(C)c1ccc(F)cc1.CC(C)c1ccnc(C(C)F)c1F.COCc1cc(C(C)C)ccc1C.Cc1c(F)cc(C(C)C)cc1F.Cc1ccc(C(C)C)cc1C#N.Cc1ccc(C(C)C)cc1C(F)F.Cc1ccc(C(C)C)cc1Cl.Cc1ccc(C(C)C)cc1F. The zero-order chi connectivity index (χ0) is 72.7. The van der Waals surface area contributed by atoms with E-state index in [1.807, 2.05) is 104 Å². The fourth-order valence-electron chi connectivity index (χ4n) is 8.72. The molecule has 7 aromatic carbocycles. The Morgan fingerprint density at radius 1 is 0.417 bits per heavy atom. The molecule has 96 heavy (non-hydrogen) atoms. The van der Waals surface area contributed by atoms with E-state index in [1.54, 1.807) is 45.2 Å². The first-order valence-electron chi connectivity index (χ1n) is 32.8. The molecule has 1 heterocycles. The van der Waals surface area contributed by atoms with Gasteiger partial charge in [-0.3, -0.25) is 4.98 Å². The molecular weight excluding hydrogens is 1240 g/mol. The van der Waals surface area contributed by atoms with Crippen molar-refractivity contribution in [3.63, 3.8) is 0 Å². The second kappa shape index (κ2) is 44.6. The van der Waals surface area contributed by atoms with Crippen molar-refractivity contribution < 1.29 is 39.9 Å². The lowest BCUT2D eigenvalue weighted by molar-refractivity contribution is 0.150. The molecule has 0 aliphatic rings. The summed E-state index contributed by atoms with van der Waals surface area (Å²) in [5, 5.41) is 9.65. The van der Waals surface area contributed by atoms with Gasteiger partial charge in [-0.2, -0.15) is 5.26 Å². The molecule has 0 saturated carbocycles. The van der Waals surface area contributed by atoms with E-state index in [0.717, 1.165) is 38.4 Å². The number of aromatic nitrogens is 1. The highest BCUT2D eigenvalue weighted by Gasteiger charge is 2.17. The molecule has 0 aliphatic heterocycles. The van der Waals surface area contributed by atoms with Crippen LogP contribution in [0.5, 0.6) is 0 Å². The molecule has 0 radical (unpaired) electrons. The van der Waals surface area contributed by atoms with Crippen molar-refractivity contribution in [1.29, 1.82) is 5.26 Å². The molecule has 0 fully saturated rings. The fourth-order valence-corrected chi connectivity index (χ4v) is 8.90. The molecule has 8 rings (SSSR count). The summed E-state index contributed by atoms with van der Waals surface area (Å²) in [4.78, 5) is 3.67. The van der Waals surface area contributed by atoms with Gasteiger partial charge in [-0.15, -0.1) is 0 Å². The Labute approximate surface area is 579 Å². The van der Waals surface area contributed by atoms with Gasteiger partial charge in [0.05, 0.1) is 18.2 Å². The first kappa shape index (κ1) is 88.9. The van der Waals surface area contributed by atoms with Gasteiger partial charge in [-0.1, -0.05) is 209 Å². The van der Waals surface area contributed by atoms with Crippen LogP contribution in [0.4, 0.5) is 35.1 Å². The number of methoxy groups -OCH3 is 1. The molecular formula is C84H111ClF8N2O. The molecule has 0 bridgehead atoms. The number of hydrogen-bond donors (Lipinski definition) is 0. The van der Waals surface area contributed by atoms with Gasteiger partial charge in [0.1, 0.15) is 35.1 Å². The molecule has 12 heteroatoms. The van der Waals surface area contributed by atoms with Crippen LogP contribution in [-0.4, -0.2) is 12.1 Å². The number of benzene rings is 7. The third-order valence-corrected chi connectivity index (χ3v) is 16.2. The minimum absolute atomic E-state index is 0. The van der Waals surface area contributed by atoms with Crippen LogP contribution in [0.3, 0.4) is 0 Å². The highest BCUT2D eigenvalue weighted by molar-refractivity contribution is 6.31. The van der Waals surface area contributed by atoms with Crippen molar-refractivity contribution in [2.75, 3.05) is 7.11 Å². The van der Waals surface area contributed by atoms with Crippen LogP contribution < -0.4 is 0 Å². The first-order chi connectivity index (χ1) is 44.3. The van der Waals surface area contributed by atoms with Crippen molar-refractivity contribution >= 4 is 11.6 Å². The maximum Gasteiger partial charge on any atom is 0.264 e. The number of alkyl halides is 3. The Morgan fingerprint density at radius 2 is 0.802 bits per heavy atom. The standard InChI is InChI=1S/C12H18O.C11H14F2.C11H13N.C10H13Cl.C10H13F2N.C10H12F2.C10H13F.C9H11F.CH4/c1-9(2)11-6-5-10(3)12(7-11)8-13-4;1-7(2)9-5-4-8(3)10(6-9)11(12)13;1-8(2)10-5-4-9(3)11(6-10)7-12;1-7(2)9-5-4-8(3)10(11)6-9;1-6(2)8-4-5-13-10(7(3)11)9(8)12;1-6(2)8-4-9(11)7(3)10(12)5-8;1-7(2)9-5-4-8(3)10(11)6-9;1-7(2)8-3-5-9(10)6-4-8;/h5-7,9H,8H2,1-4H3;4-7,11H,1-3H3;4-6,8H,1-3H3;4-7H,1-3H3;4-7H,1-3H3;4-6H,1-3H3;4-7H,1-3H3;3-7H,1-2H3;1H4. The lowest BCUT2D eigenvalue weighted by Crippen LogP contribution is -2.02. The van der Waals surface area contributed by atoms with Gasteiger partial charge in [-0.05, 0) is 228 Å². The zero-order valence-electron chi connectivity index (χ0n) is 61.0.